The Balaban J connectivity index is 2.28. The number of methoxy groups -OCH3 is 1. The van der Waals surface area contributed by atoms with Gasteiger partial charge in [-0.05, 0) is 35.0 Å². The monoisotopic (exact) mass is 305 g/mol. The Labute approximate surface area is 109 Å². The fourth-order valence-corrected chi connectivity index (χ4v) is 1.72. The lowest BCUT2D eigenvalue weighted by atomic mass is 10.3. The quantitative estimate of drug-likeness (QED) is 0.786. The van der Waals surface area contributed by atoms with Gasteiger partial charge in [-0.3, -0.25) is 0 Å². The highest BCUT2D eigenvalue weighted by Crippen LogP contribution is 2.25. The van der Waals surface area contributed by atoms with Gasteiger partial charge in [-0.1, -0.05) is 0 Å². The predicted molar refractivity (Wildman–Crippen MR) is 68.9 cm³/mol. The van der Waals surface area contributed by atoms with E-state index in [1.807, 2.05) is 6.92 Å². The average molecular weight is 306 g/mol. The van der Waals surface area contributed by atoms with Gasteiger partial charge in [0.15, 0.2) is 0 Å². The number of halogens is 2. The molecule has 1 rings (SSSR count). The molecule has 17 heavy (non-hydrogen) atoms. The highest BCUT2D eigenvalue weighted by atomic mass is 79.9. The van der Waals surface area contributed by atoms with E-state index < -0.39 is 0 Å². The van der Waals surface area contributed by atoms with Crippen LogP contribution < -0.4 is 10.1 Å². The first-order valence-corrected chi connectivity index (χ1v) is 6.23. The fraction of sp³-hybridized carbons (Fsp3) is 0.500. The van der Waals surface area contributed by atoms with Crippen LogP contribution in [0.2, 0.25) is 0 Å². The summed E-state index contributed by atoms with van der Waals surface area (Å²) in [5.41, 5.74) is 0. The number of hydrogen-bond donors (Lipinski definition) is 1. The zero-order valence-corrected chi connectivity index (χ0v) is 11.6. The summed E-state index contributed by atoms with van der Waals surface area (Å²) >= 11 is 3.30. The Morgan fingerprint density at radius 1 is 1.47 bits per heavy atom. The Kier molecular flexibility index (Phi) is 6.47. The predicted octanol–water partition coefficient (Wildman–Crippen LogP) is 2.59. The summed E-state index contributed by atoms with van der Waals surface area (Å²) in [6.45, 7) is 3.86. The van der Waals surface area contributed by atoms with Crippen molar-refractivity contribution in [2.24, 2.45) is 0 Å². The lowest BCUT2D eigenvalue weighted by Crippen LogP contribution is -2.33. The van der Waals surface area contributed by atoms with Crippen LogP contribution in [-0.4, -0.2) is 32.9 Å². The number of ether oxygens (including phenoxy) is 2. The number of benzene rings is 1. The van der Waals surface area contributed by atoms with E-state index in [1.165, 1.54) is 12.1 Å². The van der Waals surface area contributed by atoms with Gasteiger partial charge in [0.2, 0.25) is 0 Å². The molecule has 0 saturated heterocycles. The molecule has 1 aromatic carbocycles. The molecule has 1 unspecified atom stereocenters. The van der Waals surface area contributed by atoms with Crippen molar-refractivity contribution in [3.05, 3.63) is 28.5 Å². The summed E-state index contributed by atoms with van der Waals surface area (Å²) < 4.78 is 24.2. The highest BCUT2D eigenvalue weighted by Gasteiger charge is 2.03. The van der Waals surface area contributed by atoms with E-state index in [9.17, 15) is 4.39 Å². The number of nitrogens with one attached hydrogen (secondary N) is 1. The average Bonchev–Trinajstić information content (AvgIpc) is 2.29. The van der Waals surface area contributed by atoms with Crippen LogP contribution in [-0.2, 0) is 4.74 Å². The molecule has 3 nitrogen and oxygen atoms in total. The molecule has 96 valence electrons. The first-order chi connectivity index (χ1) is 8.13. The molecule has 0 aliphatic rings. The van der Waals surface area contributed by atoms with Crippen molar-refractivity contribution >= 4 is 15.9 Å². The zero-order chi connectivity index (χ0) is 12.7. The molecule has 1 N–H and O–H groups in total. The molecule has 0 radical (unpaired) electrons. The Morgan fingerprint density at radius 3 is 2.94 bits per heavy atom. The van der Waals surface area contributed by atoms with Crippen LogP contribution in [0.25, 0.3) is 0 Å². The van der Waals surface area contributed by atoms with E-state index in [1.54, 1.807) is 13.2 Å². The largest absolute Gasteiger partial charge is 0.491 e. The molecule has 1 atom stereocenters. The second-order valence-corrected chi connectivity index (χ2v) is 4.59. The second-order valence-electron chi connectivity index (χ2n) is 3.73. The van der Waals surface area contributed by atoms with Crippen LogP contribution in [0.4, 0.5) is 4.39 Å². The van der Waals surface area contributed by atoms with E-state index in [4.69, 9.17) is 9.47 Å². The van der Waals surface area contributed by atoms with Crippen LogP contribution in [0.1, 0.15) is 6.92 Å². The standard InChI is InChI=1S/C12H17BrFNO2/c1-9(8-16-2)15-5-6-17-12-7-10(14)3-4-11(12)13/h3-4,7,9,15H,5-6,8H2,1-2H3. The van der Waals surface area contributed by atoms with E-state index in [2.05, 4.69) is 21.2 Å². The molecule has 0 saturated carbocycles. The fourth-order valence-electron chi connectivity index (χ4n) is 1.36. The topological polar surface area (TPSA) is 30.5 Å². The smallest absolute Gasteiger partial charge is 0.136 e. The van der Waals surface area contributed by atoms with E-state index in [0.717, 1.165) is 4.47 Å². The maximum absolute atomic E-state index is 13.0. The van der Waals surface area contributed by atoms with Gasteiger partial charge >= 0.3 is 0 Å². The van der Waals surface area contributed by atoms with E-state index in [-0.39, 0.29) is 11.9 Å². The van der Waals surface area contributed by atoms with Crippen molar-refractivity contribution in [2.75, 3.05) is 26.9 Å². The zero-order valence-electron chi connectivity index (χ0n) is 10.0. The summed E-state index contributed by atoms with van der Waals surface area (Å²) in [5.74, 6) is 0.218. The molecule has 0 aromatic heterocycles. The van der Waals surface area contributed by atoms with Crippen molar-refractivity contribution in [2.45, 2.75) is 13.0 Å². The normalized spacial score (nSPS) is 12.5. The van der Waals surface area contributed by atoms with Crippen molar-refractivity contribution < 1.29 is 13.9 Å². The van der Waals surface area contributed by atoms with Gasteiger partial charge in [0.25, 0.3) is 0 Å². The van der Waals surface area contributed by atoms with Gasteiger partial charge in [-0.25, -0.2) is 4.39 Å². The molecule has 0 amide bonds. The van der Waals surface area contributed by atoms with Gasteiger partial charge in [0.05, 0.1) is 11.1 Å². The minimum atomic E-state index is -0.302. The maximum atomic E-state index is 13.0. The van der Waals surface area contributed by atoms with Gasteiger partial charge in [0.1, 0.15) is 18.2 Å². The number of rotatable bonds is 7. The van der Waals surface area contributed by atoms with Crippen LogP contribution in [0.15, 0.2) is 22.7 Å². The summed E-state index contributed by atoms with van der Waals surface area (Å²) in [6.07, 6.45) is 0. The van der Waals surface area contributed by atoms with Crippen molar-refractivity contribution in [3.63, 3.8) is 0 Å². The minimum absolute atomic E-state index is 0.277. The molecule has 0 bridgehead atoms. The lowest BCUT2D eigenvalue weighted by molar-refractivity contribution is 0.169. The van der Waals surface area contributed by atoms with Crippen LogP contribution in [0.5, 0.6) is 5.75 Å². The highest BCUT2D eigenvalue weighted by molar-refractivity contribution is 9.10. The molecule has 0 aliphatic carbocycles. The molecule has 0 heterocycles. The molecular formula is C12H17BrFNO2. The summed E-state index contributed by atoms with van der Waals surface area (Å²) in [5, 5.41) is 3.23. The molecule has 0 fully saturated rings. The van der Waals surface area contributed by atoms with Gasteiger partial charge in [-0.2, -0.15) is 0 Å². The van der Waals surface area contributed by atoms with Gasteiger partial charge in [0, 0.05) is 25.8 Å². The molecule has 5 heteroatoms. The minimum Gasteiger partial charge on any atom is -0.491 e. The lowest BCUT2D eigenvalue weighted by Gasteiger charge is -2.13. The SMILES string of the molecule is COCC(C)NCCOc1cc(F)ccc1Br. The van der Waals surface area contributed by atoms with Gasteiger partial charge in [-0.15, -0.1) is 0 Å². The summed E-state index contributed by atoms with van der Waals surface area (Å²) in [6, 6.07) is 4.66. The molecule has 1 aromatic rings. The number of hydrogen-bond acceptors (Lipinski definition) is 3. The third kappa shape index (κ3) is 5.48. The third-order valence-corrected chi connectivity index (χ3v) is 2.82. The molecule has 0 aliphatic heterocycles. The van der Waals surface area contributed by atoms with Gasteiger partial charge < -0.3 is 14.8 Å². The second kappa shape index (κ2) is 7.63. The Morgan fingerprint density at radius 2 is 2.24 bits per heavy atom. The Bertz CT molecular complexity index is 349. The summed E-state index contributed by atoms with van der Waals surface area (Å²) in [4.78, 5) is 0. The van der Waals surface area contributed by atoms with Crippen molar-refractivity contribution in [1.82, 2.24) is 5.32 Å². The third-order valence-electron chi connectivity index (χ3n) is 2.16. The maximum Gasteiger partial charge on any atom is 0.136 e. The van der Waals surface area contributed by atoms with Crippen LogP contribution >= 0.6 is 15.9 Å². The van der Waals surface area contributed by atoms with E-state index >= 15 is 0 Å². The van der Waals surface area contributed by atoms with Crippen molar-refractivity contribution in [1.29, 1.82) is 0 Å². The summed E-state index contributed by atoms with van der Waals surface area (Å²) in [7, 11) is 1.67. The first kappa shape index (κ1) is 14.4. The molecular weight excluding hydrogens is 289 g/mol. The van der Waals surface area contributed by atoms with Crippen molar-refractivity contribution in [3.8, 4) is 5.75 Å². The first-order valence-electron chi connectivity index (χ1n) is 5.43. The van der Waals surface area contributed by atoms with Crippen LogP contribution in [0, 0.1) is 5.82 Å². The van der Waals surface area contributed by atoms with Crippen LogP contribution in [0.3, 0.4) is 0 Å². The molecule has 0 spiro atoms. The van der Waals surface area contributed by atoms with E-state index in [0.29, 0.717) is 25.5 Å². The Hall–Kier alpha value is -0.650.